The van der Waals surface area contributed by atoms with Crippen LogP contribution in [0.15, 0.2) is 140 Å². The maximum Gasteiger partial charge on any atom is 0.131 e. The normalized spacial score (nSPS) is 25.9. The van der Waals surface area contributed by atoms with E-state index in [0.29, 0.717) is 11.8 Å². The first-order valence-electron chi connectivity index (χ1n) is 21.3. The quantitative estimate of drug-likeness (QED) is 0.175. The Balaban J connectivity index is 1.08. The monoisotopic (exact) mass is 731 g/mol. The van der Waals surface area contributed by atoms with Gasteiger partial charge in [0.2, 0.25) is 0 Å². The molecule has 1 spiro atoms. The van der Waals surface area contributed by atoms with Crippen molar-refractivity contribution in [2.24, 2.45) is 23.7 Å². The molecule has 280 valence electrons. The Bertz CT molecular complexity index is 2430. The molecule has 1 aliphatic heterocycles. The Labute approximate surface area is 333 Å². The zero-order valence-electron chi connectivity index (χ0n) is 33.4. The number of para-hydroxylation sites is 1. The molecule has 0 atom stereocenters. The summed E-state index contributed by atoms with van der Waals surface area (Å²) in [6.45, 7) is 9.81. The third-order valence-corrected chi connectivity index (χ3v) is 15.2. The summed E-state index contributed by atoms with van der Waals surface area (Å²) in [5.74, 6) is 5.22. The van der Waals surface area contributed by atoms with Crippen LogP contribution in [0.25, 0.3) is 22.3 Å². The number of rotatable bonds is 5. The molecule has 2 nitrogen and oxygen atoms in total. The fourth-order valence-electron chi connectivity index (χ4n) is 12.6. The smallest absolute Gasteiger partial charge is 0.131 e. The molecule has 0 aromatic heterocycles. The van der Waals surface area contributed by atoms with Crippen molar-refractivity contribution in [3.8, 4) is 33.8 Å². The van der Waals surface area contributed by atoms with Gasteiger partial charge >= 0.3 is 0 Å². The standard InChI is InChI=1S/C54H53NO/c1-52(2)27-28-53(3,4)51-46(52)14-10-15-48(51)55(43-23-21-40(22-24-43)39-19-17-38(18-20-39)37-11-6-5-7-12-37)44-25-26-50-47(34-44)54(45-13-8-9-16-49(45)56-50)41-30-35-29-36(32-41)33-42(54)31-35/h5-26,34-36,41-42H,27-33H2,1-4H3. The van der Waals surface area contributed by atoms with Gasteiger partial charge in [-0.3, -0.25) is 0 Å². The van der Waals surface area contributed by atoms with Crippen LogP contribution in [0, 0.1) is 23.7 Å². The molecule has 6 aromatic rings. The molecule has 4 bridgehead atoms. The van der Waals surface area contributed by atoms with Crippen LogP contribution in [0.2, 0.25) is 0 Å². The first kappa shape index (κ1) is 34.2. The largest absolute Gasteiger partial charge is 0.457 e. The van der Waals surface area contributed by atoms with Gasteiger partial charge in [0.25, 0.3) is 0 Å². The molecule has 4 fully saturated rings. The van der Waals surface area contributed by atoms with Crippen molar-refractivity contribution in [1.29, 1.82) is 0 Å². The molecular formula is C54H53NO. The van der Waals surface area contributed by atoms with E-state index in [1.807, 2.05) is 0 Å². The van der Waals surface area contributed by atoms with E-state index in [1.165, 1.54) is 107 Å². The lowest BCUT2D eigenvalue weighted by molar-refractivity contribution is -0.0452. The minimum Gasteiger partial charge on any atom is -0.457 e. The van der Waals surface area contributed by atoms with Crippen LogP contribution in [0.4, 0.5) is 17.1 Å². The summed E-state index contributed by atoms with van der Waals surface area (Å²) in [5.41, 5.74) is 14.7. The molecule has 2 heteroatoms. The number of benzene rings is 6. The second kappa shape index (κ2) is 12.5. The van der Waals surface area contributed by atoms with Gasteiger partial charge in [-0.05, 0) is 155 Å². The van der Waals surface area contributed by atoms with Gasteiger partial charge in [-0.1, -0.05) is 125 Å². The summed E-state index contributed by atoms with van der Waals surface area (Å²) >= 11 is 0. The molecule has 0 saturated heterocycles. The van der Waals surface area contributed by atoms with Crippen molar-refractivity contribution in [3.63, 3.8) is 0 Å². The Hall–Kier alpha value is -5.08. The van der Waals surface area contributed by atoms with Crippen LogP contribution in [0.1, 0.15) is 94.9 Å². The first-order chi connectivity index (χ1) is 27.2. The lowest BCUT2D eigenvalue weighted by Crippen LogP contribution is -2.57. The maximum atomic E-state index is 6.89. The Morgan fingerprint density at radius 1 is 0.464 bits per heavy atom. The van der Waals surface area contributed by atoms with Crippen LogP contribution in [-0.4, -0.2) is 0 Å². The topological polar surface area (TPSA) is 12.5 Å². The molecular weight excluding hydrogens is 679 g/mol. The van der Waals surface area contributed by atoms with Gasteiger partial charge in [0.15, 0.2) is 0 Å². The molecule has 6 aromatic carbocycles. The molecule has 0 amide bonds. The van der Waals surface area contributed by atoms with E-state index in [-0.39, 0.29) is 16.2 Å². The van der Waals surface area contributed by atoms with Crippen molar-refractivity contribution >= 4 is 17.1 Å². The second-order valence-electron chi connectivity index (χ2n) is 19.2. The van der Waals surface area contributed by atoms with Crippen molar-refractivity contribution in [1.82, 2.24) is 0 Å². The average molecular weight is 732 g/mol. The number of fused-ring (bicyclic) bond motifs is 3. The molecule has 0 unspecified atom stereocenters. The average Bonchev–Trinajstić information content (AvgIpc) is 3.22. The highest BCUT2D eigenvalue weighted by Crippen LogP contribution is 2.69. The fourth-order valence-corrected chi connectivity index (χ4v) is 12.6. The molecule has 1 heterocycles. The molecule has 0 radical (unpaired) electrons. The number of anilines is 3. The lowest BCUT2D eigenvalue weighted by atomic mass is 9.42. The van der Waals surface area contributed by atoms with Gasteiger partial charge in [0.05, 0.1) is 5.69 Å². The van der Waals surface area contributed by atoms with Gasteiger partial charge < -0.3 is 9.64 Å². The Kier molecular flexibility index (Phi) is 7.61. The lowest BCUT2D eigenvalue weighted by Gasteiger charge is -2.63. The van der Waals surface area contributed by atoms with E-state index < -0.39 is 0 Å². The van der Waals surface area contributed by atoms with E-state index in [1.54, 1.807) is 0 Å². The van der Waals surface area contributed by atoms with E-state index >= 15 is 0 Å². The molecule has 0 N–H and O–H groups in total. The zero-order chi connectivity index (χ0) is 37.8. The SMILES string of the molecule is CC1(C)CCC(C)(C)c2c(N(c3ccc(-c4ccc(-c5ccccc5)cc4)cc3)c3ccc4c(c3)C3(c5ccccc5O4)C4CC5CC(C4)CC3C5)cccc21. The number of hydrogen-bond acceptors (Lipinski definition) is 2. The van der Waals surface area contributed by atoms with Gasteiger partial charge in [0.1, 0.15) is 11.5 Å². The highest BCUT2D eigenvalue weighted by atomic mass is 16.5. The zero-order valence-corrected chi connectivity index (χ0v) is 33.4. The van der Waals surface area contributed by atoms with Gasteiger partial charge in [-0.2, -0.15) is 0 Å². The van der Waals surface area contributed by atoms with Crippen molar-refractivity contribution in [2.45, 2.75) is 88.9 Å². The van der Waals surface area contributed by atoms with E-state index in [2.05, 4.69) is 172 Å². The van der Waals surface area contributed by atoms with Gasteiger partial charge in [-0.25, -0.2) is 0 Å². The van der Waals surface area contributed by atoms with Gasteiger partial charge in [0, 0.05) is 27.9 Å². The maximum absolute atomic E-state index is 6.89. The fraction of sp³-hybridized carbons (Fsp3) is 0.333. The van der Waals surface area contributed by atoms with Crippen molar-refractivity contribution in [2.75, 3.05) is 4.90 Å². The Morgan fingerprint density at radius 2 is 1.00 bits per heavy atom. The molecule has 4 saturated carbocycles. The van der Waals surface area contributed by atoms with Gasteiger partial charge in [-0.15, -0.1) is 0 Å². The van der Waals surface area contributed by atoms with Crippen LogP contribution >= 0.6 is 0 Å². The highest BCUT2D eigenvalue weighted by Gasteiger charge is 2.61. The Morgan fingerprint density at radius 3 is 1.68 bits per heavy atom. The number of ether oxygens (including phenoxy) is 1. The number of nitrogens with zero attached hydrogens (tertiary/aromatic N) is 1. The highest BCUT2D eigenvalue weighted by molar-refractivity contribution is 5.83. The van der Waals surface area contributed by atoms with Crippen molar-refractivity contribution < 1.29 is 4.74 Å². The van der Waals surface area contributed by atoms with Crippen LogP contribution in [0.5, 0.6) is 11.5 Å². The third-order valence-electron chi connectivity index (χ3n) is 15.2. The summed E-state index contributed by atoms with van der Waals surface area (Å²) in [7, 11) is 0. The first-order valence-corrected chi connectivity index (χ1v) is 21.3. The van der Waals surface area contributed by atoms with Crippen LogP contribution < -0.4 is 9.64 Å². The molecule has 56 heavy (non-hydrogen) atoms. The summed E-state index contributed by atoms with van der Waals surface area (Å²) in [6.07, 6.45) is 9.18. The van der Waals surface area contributed by atoms with E-state index in [4.69, 9.17) is 4.74 Å². The minimum atomic E-state index is -0.00752. The predicted molar refractivity (Wildman–Crippen MR) is 232 cm³/mol. The summed E-state index contributed by atoms with van der Waals surface area (Å²) in [6, 6.07) is 52.4. The van der Waals surface area contributed by atoms with Crippen LogP contribution in [-0.2, 0) is 16.2 Å². The van der Waals surface area contributed by atoms with E-state index in [9.17, 15) is 0 Å². The van der Waals surface area contributed by atoms with Crippen LogP contribution in [0.3, 0.4) is 0 Å². The second-order valence-corrected chi connectivity index (χ2v) is 19.2. The number of hydrogen-bond donors (Lipinski definition) is 0. The van der Waals surface area contributed by atoms with Crippen molar-refractivity contribution in [3.05, 3.63) is 162 Å². The van der Waals surface area contributed by atoms with E-state index in [0.717, 1.165) is 23.3 Å². The molecule has 12 rings (SSSR count). The summed E-state index contributed by atoms with van der Waals surface area (Å²) in [5, 5.41) is 0. The summed E-state index contributed by atoms with van der Waals surface area (Å²) in [4.78, 5) is 2.59. The summed E-state index contributed by atoms with van der Waals surface area (Å²) < 4.78 is 6.89. The molecule has 5 aliphatic carbocycles. The molecule has 6 aliphatic rings. The minimum absolute atomic E-state index is 0.00752. The third kappa shape index (κ3) is 5.13. The predicted octanol–water partition coefficient (Wildman–Crippen LogP) is 14.7.